The molecule has 0 N–H and O–H groups in total. The van der Waals surface area contributed by atoms with Gasteiger partial charge < -0.3 is 4.74 Å². The lowest BCUT2D eigenvalue weighted by Crippen LogP contribution is -2.54. The number of carbonyl (C=O) groups is 2. The van der Waals surface area contributed by atoms with Crippen LogP contribution in [0.4, 0.5) is 0 Å². The molecule has 0 aromatic carbocycles. The molecule has 5 rings (SSSR count). The summed E-state index contributed by atoms with van der Waals surface area (Å²) in [6, 6.07) is 0. The van der Waals surface area contributed by atoms with E-state index in [9.17, 15) is 9.59 Å². The van der Waals surface area contributed by atoms with Crippen molar-refractivity contribution in [3.63, 3.8) is 0 Å². The highest BCUT2D eigenvalue weighted by molar-refractivity contribution is 5.90. The van der Waals surface area contributed by atoms with Gasteiger partial charge in [-0.2, -0.15) is 0 Å². The molecule has 182 valence electrons. The van der Waals surface area contributed by atoms with E-state index in [-0.39, 0.29) is 5.97 Å². The van der Waals surface area contributed by atoms with Gasteiger partial charge in [-0.25, -0.2) is 0 Å². The van der Waals surface area contributed by atoms with E-state index in [1.807, 2.05) is 19.9 Å². The predicted molar refractivity (Wildman–Crippen MR) is 131 cm³/mol. The molecule has 33 heavy (non-hydrogen) atoms. The van der Waals surface area contributed by atoms with Crippen LogP contribution in [0.15, 0.2) is 23.8 Å². The summed E-state index contributed by atoms with van der Waals surface area (Å²) < 4.78 is 5.47. The van der Waals surface area contributed by atoms with Crippen LogP contribution < -0.4 is 0 Å². The van der Waals surface area contributed by atoms with Crippen molar-refractivity contribution >= 4 is 11.8 Å². The first-order valence-electron chi connectivity index (χ1n) is 13.5. The van der Waals surface area contributed by atoms with Crippen molar-refractivity contribution in [3.05, 3.63) is 23.8 Å². The molecule has 0 radical (unpaired) electrons. The number of esters is 1. The van der Waals surface area contributed by atoms with Crippen LogP contribution in [-0.4, -0.2) is 18.4 Å². The van der Waals surface area contributed by atoms with Crippen LogP contribution in [0.1, 0.15) is 98.8 Å². The molecule has 0 aromatic heterocycles. The summed E-state index contributed by atoms with van der Waals surface area (Å²) in [5.41, 5.74) is 3.62. The van der Waals surface area contributed by atoms with Crippen molar-refractivity contribution in [1.82, 2.24) is 0 Å². The number of cyclic esters (lactones) is 1. The number of rotatable bonds is 4. The molecule has 5 aliphatic rings. The van der Waals surface area contributed by atoms with E-state index in [4.69, 9.17) is 4.74 Å². The molecule has 3 heteroatoms. The second-order valence-corrected chi connectivity index (χ2v) is 13.3. The third-order valence-corrected chi connectivity index (χ3v) is 11.9. The first kappa shape index (κ1) is 23.4. The minimum absolute atomic E-state index is 0.0317. The number of hydrogen-bond donors (Lipinski definition) is 0. The molecular weight excluding hydrogens is 408 g/mol. The van der Waals surface area contributed by atoms with Gasteiger partial charge in [-0.15, -0.1) is 0 Å². The van der Waals surface area contributed by atoms with Gasteiger partial charge in [0.25, 0.3) is 0 Å². The highest BCUT2D eigenvalue weighted by atomic mass is 16.5. The lowest BCUT2D eigenvalue weighted by atomic mass is 9.43. The molecule has 1 saturated heterocycles. The summed E-state index contributed by atoms with van der Waals surface area (Å²) in [4.78, 5) is 24.9. The molecule has 0 aromatic rings. The van der Waals surface area contributed by atoms with Crippen LogP contribution in [0.2, 0.25) is 0 Å². The van der Waals surface area contributed by atoms with Crippen molar-refractivity contribution in [3.8, 4) is 0 Å². The third-order valence-electron chi connectivity index (χ3n) is 11.9. The fraction of sp³-hybridized carbons (Fsp3) is 0.800. The average molecular weight is 453 g/mol. The second-order valence-electron chi connectivity index (χ2n) is 13.3. The topological polar surface area (TPSA) is 43.4 Å². The van der Waals surface area contributed by atoms with Crippen molar-refractivity contribution in [1.29, 1.82) is 0 Å². The molecule has 5 fully saturated rings. The van der Waals surface area contributed by atoms with Crippen LogP contribution in [0.5, 0.6) is 0 Å². The predicted octanol–water partition coefficient (Wildman–Crippen LogP) is 7.06. The summed E-state index contributed by atoms with van der Waals surface area (Å²) in [6.07, 6.45) is 13.0. The molecule has 1 heterocycles. The fourth-order valence-electron chi connectivity index (χ4n) is 10.3. The van der Waals surface area contributed by atoms with E-state index >= 15 is 0 Å². The Labute approximate surface area is 200 Å². The summed E-state index contributed by atoms with van der Waals surface area (Å²) in [5.74, 6) is 2.62. The largest absolute Gasteiger partial charge is 0.461 e. The van der Waals surface area contributed by atoms with Crippen LogP contribution in [0, 0.1) is 45.3 Å². The molecule has 1 aliphatic heterocycles. The van der Waals surface area contributed by atoms with Crippen molar-refractivity contribution in [2.75, 3.05) is 6.61 Å². The van der Waals surface area contributed by atoms with E-state index in [1.54, 1.807) is 0 Å². The van der Waals surface area contributed by atoms with Gasteiger partial charge in [0.1, 0.15) is 6.61 Å². The maximum absolute atomic E-state index is 12.6. The normalized spacial score (nSPS) is 47.0. The highest BCUT2D eigenvalue weighted by Crippen LogP contribution is 2.87. The molecule has 4 aliphatic carbocycles. The maximum atomic E-state index is 12.6. The van der Waals surface area contributed by atoms with Gasteiger partial charge in [0.05, 0.1) is 0 Å². The number of ketones is 1. The van der Waals surface area contributed by atoms with Crippen molar-refractivity contribution in [2.45, 2.75) is 98.8 Å². The molecule has 0 bridgehead atoms. The fourth-order valence-corrected chi connectivity index (χ4v) is 10.3. The van der Waals surface area contributed by atoms with E-state index in [2.05, 4.69) is 27.4 Å². The zero-order chi connectivity index (χ0) is 23.8. The summed E-state index contributed by atoms with van der Waals surface area (Å²) in [7, 11) is 0. The molecule has 8 atom stereocenters. The molecule has 4 saturated carbocycles. The second kappa shape index (κ2) is 7.56. The zero-order valence-electron chi connectivity index (χ0n) is 21.6. The molecule has 3 nitrogen and oxygen atoms in total. The van der Waals surface area contributed by atoms with Crippen molar-refractivity contribution in [2.24, 2.45) is 45.3 Å². The van der Waals surface area contributed by atoms with Gasteiger partial charge in [0, 0.05) is 12.8 Å². The Morgan fingerprint density at radius 2 is 1.85 bits per heavy atom. The Morgan fingerprint density at radius 1 is 1.09 bits per heavy atom. The van der Waals surface area contributed by atoms with Gasteiger partial charge in [0.15, 0.2) is 5.78 Å². The van der Waals surface area contributed by atoms with E-state index in [0.717, 1.165) is 17.9 Å². The number of carbonyl (C=O) groups excluding carboxylic acids is 2. The lowest BCUT2D eigenvalue weighted by Gasteiger charge is -2.61. The van der Waals surface area contributed by atoms with Gasteiger partial charge in [0.2, 0.25) is 0 Å². The Kier molecular flexibility index (Phi) is 5.35. The Hall–Kier alpha value is -1.38. The van der Waals surface area contributed by atoms with Gasteiger partial charge in [-0.1, -0.05) is 32.9 Å². The Balaban J connectivity index is 1.42. The first-order valence-corrected chi connectivity index (χ1v) is 13.5. The highest BCUT2D eigenvalue weighted by Gasteiger charge is 2.80. The quantitative estimate of drug-likeness (QED) is 0.260. The summed E-state index contributed by atoms with van der Waals surface area (Å²) >= 11 is 0. The number of fused-ring (bicyclic) bond motifs is 2. The number of ether oxygens (including phenoxy) is 1. The van der Waals surface area contributed by atoms with Gasteiger partial charge >= 0.3 is 5.97 Å². The van der Waals surface area contributed by atoms with Crippen LogP contribution in [0.3, 0.4) is 0 Å². The average Bonchev–Trinajstić information content (AvgIpc) is 3.32. The van der Waals surface area contributed by atoms with Crippen LogP contribution >= 0.6 is 0 Å². The summed E-state index contributed by atoms with van der Waals surface area (Å²) in [6.45, 7) is 16.4. The zero-order valence-corrected chi connectivity index (χ0v) is 21.6. The van der Waals surface area contributed by atoms with E-state index < -0.39 is 0 Å². The SMILES string of the molecule is C=C1COC(=O)CCC23CC24CCC2(C)C(C(C)CC(=O)C=C(C)C)CCC2(C)C4CCC13. The van der Waals surface area contributed by atoms with Gasteiger partial charge in [-0.05, 0) is 122 Å². The summed E-state index contributed by atoms with van der Waals surface area (Å²) in [5, 5.41) is 0. The first-order chi connectivity index (χ1) is 15.5. The minimum Gasteiger partial charge on any atom is -0.461 e. The third kappa shape index (κ3) is 3.12. The molecule has 2 spiro atoms. The minimum atomic E-state index is -0.0317. The maximum Gasteiger partial charge on any atom is 0.306 e. The Bertz CT molecular complexity index is 912. The molecule has 8 unspecified atom stereocenters. The number of hydrogen-bond acceptors (Lipinski definition) is 3. The van der Waals surface area contributed by atoms with Crippen LogP contribution in [-0.2, 0) is 14.3 Å². The Morgan fingerprint density at radius 3 is 2.58 bits per heavy atom. The lowest BCUT2D eigenvalue weighted by molar-refractivity contribution is -0.148. The monoisotopic (exact) mass is 452 g/mol. The van der Waals surface area contributed by atoms with Crippen LogP contribution in [0.25, 0.3) is 0 Å². The smallest absolute Gasteiger partial charge is 0.306 e. The van der Waals surface area contributed by atoms with E-state index in [1.165, 1.54) is 50.5 Å². The van der Waals surface area contributed by atoms with Gasteiger partial charge in [-0.3, -0.25) is 9.59 Å². The molecular formula is C30H44O3. The molecule has 0 amide bonds. The standard InChI is InChI=1S/C30H44O3/c1-19(2)15-22(31)16-20(3)23-9-11-28(6)25-8-7-24-21(4)17-33-26(32)10-12-29(24)18-30(25,29)14-13-27(23,28)5/h15,20,23-25H,4,7-14,16-18H2,1-3,5-6H3. The van der Waals surface area contributed by atoms with E-state index in [0.29, 0.717) is 64.6 Å². The van der Waals surface area contributed by atoms with Crippen molar-refractivity contribution < 1.29 is 14.3 Å². The number of allylic oxidation sites excluding steroid dienone is 2.